The molecular weight excluding hydrogens is 154 g/mol. The van der Waals surface area contributed by atoms with Crippen molar-refractivity contribution in [3.05, 3.63) is 0 Å². The number of hydrogen-bond donors (Lipinski definition) is 1. The Balaban J connectivity index is 2.45. The van der Waals surface area contributed by atoms with Crippen molar-refractivity contribution in [1.82, 2.24) is 4.90 Å². The lowest BCUT2D eigenvalue weighted by molar-refractivity contribution is -0.141. The smallest absolute Gasteiger partial charge is 0.251 e. The summed E-state index contributed by atoms with van der Waals surface area (Å²) in [6, 6.07) is 0. The number of hydrogen-bond acceptors (Lipinski definition) is 2. The molecule has 1 N–H and O–H groups in total. The van der Waals surface area contributed by atoms with Gasteiger partial charge in [0.2, 0.25) is 0 Å². The van der Waals surface area contributed by atoms with E-state index in [-0.39, 0.29) is 11.8 Å². The fourth-order valence-electron chi connectivity index (χ4n) is 1.41. The number of carbonyl (C=O) groups is 1. The van der Waals surface area contributed by atoms with E-state index in [9.17, 15) is 9.90 Å². The minimum atomic E-state index is -0.803. The Labute approximate surface area is 73.4 Å². The molecule has 1 fully saturated rings. The minimum absolute atomic E-state index is 0.0260. The van der Waals surface area contributed by atoms with Gasteiger partial charge in [-0.15, -0.1) is 0 Å². The molecule has 1 aliphatic heterocycles. The van der Waals surface area contributed by atoms with Crippen LogP contribution in [0.2, 0.25) is 0 Å². The van der Waals surface area contributed by atoms with Gasteiger partial charge in [0, 0.05) is 13.1 Å². The number of carbonyl (C=O) groups excluding carboxylic acids is 1. The van der Waals surface area contributed by atoms with E-state index in [2.05, 4.69) is 0 Å². The molecule has 1 heterocycles. The van der Waals surface area contributed by atoms with Crippen LogP contribution in [0.4, 0.5) is 0 Å². The van der Waals surface area contributed by atoms with E-state index in [1.165, 1.54) is 0 Å². The second-order valence-electron chi connectivity index (χ2n) is 3.72. The van der Waals surface area contributed by atoms with E-state index in [0.29, 0.717) is 0 Å². The van der Waals surface area contributed by atoms with E-state index in [4.69, 9.17) is 0 Å². The van der Waals surface area contributed by atoms with Gasteiger partial charge in [0.1, 0.15) is 6.10 Å². The normalized spacial score (nSPS) is 20.2. The molecule has 1 aliphatic rings. The molecule has 1 rings (SSSR count). The lowest BCUT2D eigenvalue weighted by Crippen LogP contribution is -2.39. The fourth-order valence-corrected chi connectivity index (χ4v) is 1.41. The average Bonchev–Trinajstić information content (AvgIpc) is 2.53. The molecule has 0 aliphatic carbocycles. The molecule has 0 radical (unpaired) electrons. The Morgan fingerprint density at radius 3 is 2.25 bits per heavy atom. The first-order chi connectivity index (χ1) is 5.63. The molecule has 12 heavy (non-hydrogen) atoms. The summed E-state index contributed by atoms with van der Waals surface area (Å²) in [5.74, 6) is -0.0689. The summed E-state index contributed by atoms with van der Waals surface area (Å²) in [5.41, 5.74) is 0. The Morgan fingerprint density at radius 2 is 1.83 bits per heavy atom. The monoisotopic (exact) mass is 171 g/mol. The highest BCUT2D eigenvalue weighted by atomic mass is 16.3. The van der Waals surface area contributed by atoms with E-state index in [0.717, 1.165) is 25.9 Å². The number of aliphatic hydroxyl groups excluding tert-OH is 1. The molecule has 0 aromatic heterocycles. The van der Waals surface area contributed by atoms with E-state index in [1.54, 1.807) is 4.90 Å². The van der Waals surface area contributed by atoms with E-state index < -0.39 is 6.10 Å². The minimum Gasteiger partial charge on any atom is -0.383 e. The van der Waals surface area contributed by atoms with Crippen LogP contribution in [-0.4, -0.2) is 35.1 Å². The third-order valence-corrected chi connectivity index (χ3v) is 2.30. The number of likely N-dealkylation sites (tertiary alicyclic amines) is 1. The van der Waals surface area contributed by atoms with Crippen LogP contribution < -0.4 is 0 Å². The fraction of sp³-hybridized carbons (Fsp3) is 0.889. The van der Waals surface area contributed by atoms with Gasteiger partial charge in [-0.1, -0.05) is 13.8 Å². The van der Waals surface area contributed by atoms with Gasteiger partial charge < -0.3 is 10.0 Å². The van der Waals surface area contributed by atoms with Crippen molar-refractivity contribution < 1.29 is 9.90 Å². The summed E-state index contributed by atoms with van der Waals surface area (Å²) in [4.78, 5) is 13.2. The van der Waals surface area contributed by atoms with Gasteiger partial charge in [0.25, 0.3) is 5.91 Å². The van der Waals surface area contributed by atoms with Crippen LogP contribution in [0.25, 0.3) is 0 Å². The van der Waals surface area contributed by atoms with Crippen molar-refractivity contribution in [2.45, 2.75) is 32.8 Å². The molecule has 0 aromatic carbocycles. The zero-order valence-corrected chi connectivity index (χ0v) is 7.79. The van der Waals surface area contributed by atoms with Crippen LogP contribution >= 0.6 is 0 Å². The zero-order chi connectivity index (χ0) is 9.14. The van der Waals surface area contributed by atoms with Crippen LogP contribution in [0.5, 0.6) is 0 Å². The van der Waals surface area contributed by atoms with Crippen LogP contribution in [0.1, 0.15) is 26.7 Å². The van der Waals surface area contributed by atoms with Gasteiger partial charge in [-0.3, -0.25) is 4.79 Å². The van der Waals surface area contributed by atoms with Gasteiger partial charge in [-0.25, -0.2) is 0 Å². The molecule has 0 saturated carbocycles. The lowest BCUT2D eigenvalue weighted by Gasteiger charge is -2.21. The van der Waals surface area contributed by atoms with Crippen LogP contribution in [-0.2, 0) is 4.79 Å². The molecule has 1 atom stereocenters. The molecule has 3 heteroatoms. The van der Waals surface area contributed by atoms with Gasteiger partial charge in [0.15, 0.2) is 0 Å². The number of amides is 1. The van der Waals surface area contributed by atoms with Crippen LogP contribution in [0, 0.1) is 5.92 Å². The zero-order valence-electron chi connectivity index (χ0n) is 7.79. The maximum absolute atomic E-state index is 11.5. The highest BCUT2D eigenvalue weighted by Gasteiger charge is 2.26. The predicted octanol–water partition coefficient (Wildman–Crippen LogP) is 0.626. The summed E-state index contributed by atoms with van der Waals surface area (Å²) < 4.78 is 0. The summed E-state index contributed by atoms with van der Waals surface area (Å²) in [6.45, 7) is 5.36. The van der Waals surface area contributed by atoms with Gasteiger partial charge in [-0.05, 0) is 18.8 Å². The predicted molar refractivity (Wildman–Crippen MR) is 46.7 cm³/mol. The third kappa shape index (κ3) is 1.97. The average molecular weight is 171 g/mol. The second kappa shape index (κ2) is 3.90. The highest BCUT2D eigenvalue weighted by Crippen LogP contribution is 2.12. The molecule has 1 unspecified atom stereocenters. The highest BCUT2D eigenvalue weighted by molar-refractivity contribution is 5.81. The molecule has 1 saturated heterocycles. The Kier molecular flexibility index (Phi) is 3.09. The number of aliphatic hydroxyl groups is 1. The summed E-state index contributed by atoms with van der Waals surface area (Å²) in [6.07, 6.45) is 1.36. The lowest BCUT2D eigenvalue weighted by atomic mass is 10.1. The van der Waals surface area contributed by atoms with Crippen LogP contribution in [0.15, 0.2) is 0 Å². The first-order valence-electron chi connectivity index (χ1n) is 4.60. The Bertz CT molecular complexity index is 158. The van der Waals surface area contributed by atoms with Gasteiger partial charge in [0.05, 0.1) is 0 Å². The van der Waals surface area contributed by atoms with Crippen molar-refractivity contribution >= 4 is 5.91 Å². The Morgan fingerprint density at radius 1 is 1.33 bits per heavy atom. The standard InChI is InChI=1S/C9H17NO2/c1-7(2)8(11)9(12)10-5-3-4-6-10/h7-8,11H,3-6H2,1-2H3. The van der Waals surface area contributed by atoms with Gasteiger partial charge in [-0.2, -0.15) is 0 Å². The molecular formula is C9H17NO2. The molecule has 0 bridgehead atoms. The third-order valence-electron chi connectivity index (χ3n) is 2.30. The second-order valence-corrected chi connectivity index (χ2v) is 3.72. The number of rotatable bonds is 2. The SMILES string of the molecule is CC(C)C(O)C(=O)N1CCCC1. The topological polar surface area (TPSA) is 40.5 Å². The van der Waals surface area contributed by atoms with E-state index in [1.807, 2.05) is 13.8 Å². The molecule has 0 spiro atoms. The van der Waals surface area contributed by atoms with Gasteiger partial charge >= 0.3 is 0 Å². The van der Waals surface area contributed by atoms with Crippen molar-refractivity contribution in [3.8, 4) is 0 Å². The molecule has 70 valence electrons. The maximum Gasteiger partial charge on any atom is 0.251 e. The summed E-state index contributed by atoms with van der Waals surface area (Å²) in [7, 11) is 0. The first kappa shape index (κ1) is 9.52. The summed E-state index contributed by atoms with van der Waals surface area (Å²) >= 11 is 0. The quantitative estimate of drug-likeness (QED) is 0.662. The Hall–Kier alpha value is -0.570. The maximum atomic E-state index is 11.5. The molecule has 0 aromatic rings. The van der Waals surface area contributed by atoms with Crippen molar-refractivity contribution in [3.63, 3.8) is 0 Å². The first-order valence-corrected chi connectivity index (χ1v) is 4.60. The largest absolute Gasteiger partial charge is 0.383 e. The van der Waals surface area contributed by atoms with Crippen molar-refractivity contribution in [2.24, 2.45) is 5.92 Å². The molecule has 1 amide bonds. The summed E-state index contributed by atoms with van der Waals surface area (Å²) in [5, 5.41) is 9.46. The molecule has 3 nitrogen and oxygen atoms in total. The van der Waals surface area contributed by atoms with Crippen molar-refractivity contribution in [2.75, 3.05) is 13.1 Å². The van der Waals surface area contributed by atoms with E-state index >= 15 is 0 Å². The number of nitrogens with zero attached hydrogens (tertiary/aromatic N) is 1. The van der Waals surface area contributed by atoms with Crippen LogP contribution in [0.3, 0.4) is 0 Å². The van der Waals surface area contributed by atoms with Crippen molar-refractivity contribution in [1.29, 1.82) is 0 Å².